The zero-order valence-electron chi connectivity index (χ0n) is 11.7. The molecular weight excluding hydrogens is 260 g/mol. The van der Waals surface area contributed by atoms with Gasteiger partial charge < -0.3 is 10.2 Å². The number of hydrogen-bond donors (Lipinski definition) is 1. The van der Waals surface area contributed by atoms with Gasteiger partial charge in [-0.3, -0.25) is 4.79 Å². The lowest BCUT2D eigenvalue weighted by Crippen LogP contribution is -2.23. The zero-order chi connectivity index (χ0) is 14.0. The number of amides is 1. The van der Waals surface area contributed by atoms with E-state index in [1.165, 1.54) is 12.8 Å². The van der Waals surface area contributed by atoms with Crippen molar-refractivity contribution in [3.63, 3.8) is 0 Å². The molecule has 0 radical (unpaired) electrons. The smallest absolute Gasteiger partial charge is 0.253 e. The first-order valence-corrected chi connectivity index (χ1v) is 7.18. The number of halogens is 1. The van der Waals surface area contributed by atoms with Crippen LogP contribution in [0.4, 0.5) is 5.69 Å². The van der Waals surface area contributed by atoms with E-state index in [0.29, 0.717) is 16.6 Å². The van der Waals surface area contributed by atoms with Crippen molar-refractivity contribution in [2.24, 2.45) is 5.92 Å². The van der Waals surface area contributed by atoms with Gasteiger partial charge in [0.05, 0.1) is 10.7 Å². The third kappa shape index (κ3) is 3.41. The molecule has 19 heavy (non-hydrogen) atoms. The average molecular weight is 281 g/mol. The van der Waals surface area contributed by atoms with Crippen LogP contribution in [-0.4, -0.2) is 30.9 Å². The summed E-state index contributed by atoms with van der Waals surface area (Å²) < 4.78 is 0. The Hall–Kier alpha value is -1.22. The van der Waals surface area contributed by atoms with Crippen molar-refractivity contribution >= 4 is 23.2 Å². The van der Waals surface area contributed by atoms with Crippen molar-refractivity contribution < 1.29 is 4.79 Å². The second kappa shape index (κ2) is 5.83. The first-order valence-electron chi connectivity index (χ1n) is 6.80. The number of anilines is 1. The Labute approximate surface area is 119 Å². The molecule has 1 fully saturated rings. The van der Waals surface area contributed by atoms with E-state index in [-0.39, 0.29) is 5.91 Å². The highest BCUT2D eigenvalue weighted by atomic mass is 35.5. The Morgan fingerprint density at radius 2 is 2.16 bits per heavy atom. The molecular formula is C15H21ClN2O. The summed E-state index contributed by atoms with van der Waals surface area (Å²) in [6.07, 6.45) is 3.66. The van der Waals surface area contributed by atoms with E-state index in [1.807, 2.05) is 6.07 Å². The Bertz CT molecular complexity index is 469. The molecule has 0 saturated heterocycles. The third-order valence-electron chi connectivity index (χ3n) is 3.59. The molecule has 0 spiro atoms. The van der Waals surface area contributed by atoms with Gasteiger partial charge in [-0.05, 0) is 43.4 Å². The quantitative estimate of drug-likeness (QED) is 0.893. The lowest BCUT2D eigenvalue weighted by atomic mass is 10.1. The monoisotopic (exact) mass is 280 g/mol. The van der Waals surface area contributed by atoms with Gasteiger partial charge in [-0.1, -0.05) is 18.5 Å². The largest absolute Gasteiger partial charge is 0.381 e. The molecule has 1 aliphatic rings. The molecule has 0 aliphatic heterocycles. The Balaban J connectivity index is 2.19. The Kier molecular flexibility index (Phi) is 4.35. The number of benzene rings is 1. The first kappa shape index (κ1) is 14.2. The summed E-state index contributed by atoms with van der Waals surface area (Å²) in [7, 11) is 3.51. The van der Waals surface area contributed by atoms with Gasteiger partial charge in [0.15, 0.2) is 0 Å². The standard InChI is InChI=1S/C15H21ClN2O/c1-4-13(10-5-6-10)17-14-9-11(7-8-12(14)16)15(19)18(2)3/h7-10,13,17H,4-6H2,1-3H3. The molecule has 0 aromatic heterocycles. The van der Waals surface area contributed by atoms with Crippen LogP contribution in [-0.2, 0) is 0 Å². The molecule has 1 aromatic carbocycles. The summed E-state index contributed by atoms with van der Waals surface area (Å²) in [5, 5.41) is 4.17. The highest BCUT2D eigenvalue weighted by Crippen LogP contribution is 2.36. The molecule has 1 aliphatic carbocycles. The van der Waals surface area contributed by atoms with Crippen LogP contribution in [0.5, 0.6) is 0 Å². The highest BCUT2D eigenvalue weighted by molar-refractivity contribution is 6.33. The van der Waals surface area contributed by atoms with Crippen LogP contribution in [0.1, 0.15) is 36.5 Å². The zero-order valence-corrected chi connectivity index (χ0v) is 12.5. The topological polar surface area (TPSA) is 32.3 Å². The molecule has 3 nitrogen and oxygen atoms in total. The summed E-state index contributed by atoms with van der Waals surface area (Å²) >= 11 is 6.22. The van der Waals surface area contributed by atoms with Gasteiger partial charge in [-0.15, -0.1) is 0 Å². The lowest BCUT2D eigenvalue weighted by Gasteiger charge is -2.19. The van der Waals surface area contributed by atoms with Crippen LogP contribution in [0.15, 0.2) is 18.2 Å². The van der Waals surface area contributed by atoms with Gasteiger partial charge in [-0.25, -0.2) is 0 Å². The van der Waals surface area contributed by atoms with Crippen molar-refractivity contribution in [1.29, 1.82) is 0 Å². The van der Waals surface area contributed by atoms with Gasteiger partial charge in [0.2, 0.25) is 0 Å². The molecule has 0 bridgehead atoms. The number of nitrogens with one attached hydrogen (secondary N) is 1. The van der Waals surface area contributed by atoms with Crippen molar-refractivity contribution in [3.8, 4) is 0 Å². The predicted molar refractivity (Wildman–Crippen MR) is 79.9 cm³/mol. The Morgan fingerprint density at radius 3 is 2.68 bits per heavy atom. The molecule has 104 valence electrons. The molecule has 1 saturated carbocycles. The fourth-order valence-corrected chi connectivity index (χ4v) is 2.45. The van der Waals surface area contributed by atoms with Gasteiger partial charge in [-0.2, -0.15) is 0 Å². The van der Waals surface area contributed by atoms with E-state index >= 15 is 0 Å². The van der Waals surface area contributed by atoms with E-state index in [4.69, 9.17) is 11.6 Å². The van der Waals surface area contributed by atoms with Crippen LogP contribution in [0.3, 0.4) is 0 Å². The summed E-state index contributed by atoms with van der Waals surface area (Å²) in [5.41, 5.74) is 1.54. The molecule has 1 atom stereocenters. The van der Waals surface area contributed by atoms with Gasteiger partial charge >= 0.3 is 0 Å². The van der Waals surface area contributed by atoms with Crippen molar-refractivity contribution in [2.75, 3.05) is 19.4 Å². The SMILES string of the molecule is CCC(Nc1cc(C(=O)N(C)C)ccc1Cl)C1CC1. The molecule has 1 aromatic rings. The van der Waals surface area contributed by atoms with E-state index in [1.54, 1.807) is 31.1 Å². The minimum Gasteiger partial charge on any atom is -0.381 e. The van der Waals surface area contributed by atoms with Crippen LogP contribution in [0.25, 0.3) is 0 Å². The molecule has 4 heteroatoms. The van der Waals surface area contributed by atoms with Crippen LogP contribution >= 0.6 is 11.6 Å². The third-order valence-corrected chi connectivity index (χ3v) is 3.92. The van der Waals surface area contributed by atoms with Crippen molar-refractivity contribution in [1.82, 2.24) is 4.90 Å². The Morgan fingerprint density at radius 1 is 1.47 bits per heavy atom. The fourth-order valence-electron chi connectivity index (χ4n) is 2.28. The maximum atomic E-state index is 12.0. The summed E-state index contributed by atoms with van der Waals surface area (Å²) in [4.78, 5) is 13.5. The molecule has 1 amide bonds. The maximum Gasteiger partial charge on any atom is 0.253 e. The highest BCUT2D eigenvalue weighted by Gasteiger charge is 2.30. The van der Waals surface area contributed by atoms with Crippen LogP contribution < -0.4 is 5.32 Å². The molecule has 0 heterocycles. The van der Waals surface area contributed by atoms with Gasteiger partial charge in [0.1, 0.15) is 0 Å². The van der Waals surface area contributed by atoms with Crippen LogP contribution in [0.2, 0.25) is 5.02 Å². The van der Waals surface area contributed by atoms with Crippen LogP contribution in [0, 0.1) is 5.92 Å². The number of carbonyl (C=O) groups is 1. The van der Waals surface area contributed by atoms with E-state index < -0.39 is 0 Å². The average Bonchev–Trinajstić information content (AvgIpc) is 3.21. The normalized spacial score (nSPS) is 16.0. The second-order valence-corrected chi connectivity index (χ2v) is 5.80. The van der Waals surface area contributed by atoms with E-state index in [0.717, 1.165) is 18.0 Å². The predicted octanol–water partition coefficient (Wildman–Crippen LogP) is 3.64. The fraction of sp³-hybridized carbons (Fsp3) is 0.533. The number of carbonyl (C=O) groups excluding carboxylic acids is 1. The summed E-state index contributed by atoms with van der Waals surface area (Å²) in [6, 6.07) is 5.88. The van der Waals surface area contributed by atoms with E-state index in [9.17, 15) is 4.79 Å². The molecule has 2 rings (SSSR count). The molecule has 1 N–H and O–H groups in total. The second-order valence-electron chi connectivity index (χ2n) is 5.39. The number of nitrogens with zero attached hydrogens (tertiary/aromatic N) is 1. The van der Waals surface area contributed by atoms with Crippen molar-refractivity contribution in [2.45, 2.75) is 32.2 Å². The minimum atomic E-state index is -0.000753. The maximum absolute atomic E-state index is 12.0. The summed E-state index contributed by atoms with van der Waals surface area (Å²) in [6.45, 7) is 2.18. The number of hydrogen-bond acceptors (Lipinski definition) is 2. The lowest BCUT2D eigenvalue weighted by molar-refractivity contribution is 0.0827. The van der Waals surface area contributed by atoms with E-state index in [2.05, 4.69) is 12.2 Å². The molecule has 1 unspecified atom stereocenters. The van der Waals surface area contributed by atoms with Gasteiger partial charge in [0, 0.05) is 25.7 Å². The van der Waals surface area contributed by atoms with Crippen molar-refractivity contribution in [3.05, 3.63) is 28.8 Å². The van der Waals surface area contributed by atoms with Gasteiger partial charge in [0.25, 0.3) is 5.91 Å². The summed E-state index contributed by atoms with van der Waals surface area (Å²) in [5.74, 6) is 0.758. The number of rotatable bonds is 5. The minimum absolute atomic E-state index is 0.000753. The first-order chi connectivity index (χ1) is 9.02.